The van der Waals surface area contributed by atoms with Gasteiger partial charge in [-0.05, 0) is 119 Å². The van der Waals surface area contributed by atoms with Gasteiger partial charge >= 0.3 is 0 Å². The number of aromatic nitrogens is 1. The lowest BCUT2D eigenvalue weighted by molar-refractivity contribution is 0.669. The van der Waals surface area contributed by atoms with Crippen LogP contribution >= 0.6 is 0 Å². The van der Waals surface area contributed by atoms with Crippen LogP contribution in [0.5, 0.6) is 0 Å². The monoisotopic (exact) mass is 793 g/mol. The van der Waals surface area contributed by atoms with Gasteiger partial charge in [-0.15, -0.1) is 0 Å². The van der Waals surface area contributed by atoms with Crippen LogP contribution in [0.25, 0.3) is 71.3 Å². The highest BCUT2D eigenvalue weighted by Gasteiger charge is 2.23. The van der Waals surface area contributed by atoms with E-state index in [1.807, 2.05) is 12.1 Å². The summed E-state index contributed by atoms with van der Waals surface area (Å²) in [5, 5.41) is 7.06. The van der Waals surface area contributed by atoms with E-state index < -0.39 is 0 Å². The quantitative estimate of drug-likeness (QED) is 0.153. The maximum atomic E-state index is 6.37. The highest BCUT2D eigenvalue weighted by molar-refractivity contribution is 6.18. The fourth-order valence-corrected chi connectivity index (χ4v) is 9.27. The Hall–Kier alpha value is -8.34. The highest BCUT2D eigenvalue weighted by Crippen LogP contribution is 2.47. The fourth-order valence-electron chi connectivity index (χ4n) is 9.27. The molecule has 0 radical (unpaired) electrons. The molecule has 0 saturated heterocycles. The average molecular weight is 794 g/mol. The van der Waals surface area contributed by atoms with Crippen LogP contribution in [0.4, 0.5) is 34.1 Å². The molecule has 0 aliphatic rings. The second kappa shape index (κ2) is 14.7. The number of hydrogen-bond donors (Lipinski definition) is 0. The van der Waals surface area contributed by atoms with Gasteiger partial charge in [0.1, 0.15) is 11.2 Å². The largest absolute Gasteiger partial charge is 0.456 e. The summed E-state index contributed by atoms with van der Waals surface area (Å²) in [7, 11) is 0. The molecular formula is C58H39N3O. The molecule has 0 spiro atoms. The van der Waals surface area contributed by atoms with Gasteiger partial charge in [0.05, 0.1) is 16.7 Å². The number of hydrogen-bond acceptors (Lipinski definition) is 3. The molecule has 2 aromatic heterocycles. The fraction of sp³-hybridized carbons (Fsp3) is 0. The molecule has 0 bridgehead atoms. The van der Waals surface area contributed by atoms with Crippen molar-refractivity contribution in [1.29, 1.82) is 0 Å². The first kappa shape index (κ1) is 35.6. The van der Waals surface area contributed by atoms with Crippen LogP contribution in [0.3, 0.4) is 0 Å². The zero-order valence-corrected chi connectivity index (χ0v) is 33.8. The van der Waals surface area contributed by atoms with Crippen molar-refractivity contribution in [2.24, 2.45) is 0 Å². The second-order valence-electron chi connectivity index (χ2n) is 15.8. The van der Waals surface area contributed by atoms with Crippen molar-refractivity contribution in [2.75, 3.05) is 9.80 Å². The first-order valence-electron chi connectivity index (χ1n) is 21.1. The lowest BCUT2D eigenvalue weighted by Gasteiger charge is -2.27. The third-order valence-corrected chi connectivity index (χ3v) is 12.1. The van der Waals surface area contributed by atoms with Crippen LogP contribution in [0.2, 0.25) is 0 Å². The summed E-state index contributed by atoms with van der Waals surface area (Å²) in [6, 6.07) is 84.7. The van der Waals surface area contributed by atoms with Gasteiger partial charge in [0, 0.05) is 61.7 Å². The molecule has 2 heterocycles. The van der Waals surface area contributed by atoms with Gasteiger partial charge in [-0.2, -0.15) is 0 Å². The molecule has 0 N–H and O–H groups in total. The smallest absolute Gasteiger partial charge is 0.137 e. The van der Waals surface area contributed by atoms with Gasteiger partial charge < -0.3 is 18.8 Å². The van der Waals surface area contributed by atoms with E-state index in [1.165, 1.54) is 21.5 Å². The Labute approximate surface area is 359 Å². The van der Waals surface area contributed by atoms with E-state index in [1.54, 1.807) is 0 Å². The molecule has 292 valence electrons. The van der Waals surface area contributed by atoms with Crippen molar-refractivity contribution < 1.29 is 4.42 Å². The van der Waals surface area contributed by atoms with Crippen molar-refractivity contribution >= 4 is 88.6 Å². The summed E-state index contributed by atoms with van der Waals surface area (Å²) in [6.07, 6.45) is 0. The Morgan fingerprint density at radius 1 is 0.323 bits per heavy atom. The predicted molar refractivity (Wildman–Crippen MR) is 260 cm³/mol. The molecule has 62 heavy (non-hydrogen) atoms. The third-order valence-electron chi connectivity index (χ3n) is 12.1. The van der Waals surface area contributed by atoms with Crippen LogP contribution in [0.15, 0.2) is 241 Å². The van der Waals surface area contributed by atoms with Crippen LogP contribution in [-0.4, -0.2) is 4.57 Å². The molecule has 0 amide bonds. The van der Waals surface area contributed by atoms with E-state index >= 15 is 0 Å². The Balaban J connectivity index is 1.07. The van der Waals surface area contributed by atoms with E-state index in [2.05, 4.69) is 239 Å². The van der Waals surface area contributed by atoms with Gasteiger partial charge in [-0.25, -0.2) is 0 Å². The van der Waals surface area contributed by atoms with E-state index in [0.29, 0.717) is 0 Å². The third kappa shape index (κ3) is 6.00. The molecule has 12 aromatic rings. The SMILES string of the molecule is c1ccc(N(c2ccc(-c3cc(N(c4ccccc4)c4ccccc4)c4c5ccccc5n(-c5ccc6ccccc6c5)c4c3)cc2)c2ccc3c(c2)oc2ccccc23)cc1. The van der Waals surface area contributed by atoms with Crippen molar-refractivity contribution in [2.45, 2.75) is 0 Å². The number of fused-ring (bicyclic) bond motifs is 7. The first-order chi connectivity index (χ1) is 30.7. The minimum Gasteiger partial charge on any atom is -0.456 e. The van der Waals surface area contributed by atoms with E-state index in [9.17, 15) is 0 Å². The Kier molecular flexibility index (Phi) is 8.46. The number of rotatable bonds is 8. The molecule has 0 atom stereocenters. The standard InChI is InChI=1S/C58H39N3O/c1-4-18-44(19-5-1)59(49-34-35-51-50-24-13-15-27-56(50)62-57(51)39-49)47-31-28-41(29-32-47)43-37-54(60(45-20-6-2-7-21-45)46-22-8-3-9-23-46)58-52-25-12-14-26-53(52)61(55(58)38-43)48-33-30-40-16-10-11-17-42(40)36-48/h1-39H. The normalized spacial score (nSPS) is 11.5. The summed E-state index contributed by atoms with van der Waals surface area (Å²) in [5.41, 5.74) is 13.9. The molecule has 0 aliphatic carbocycles. The molecule has 0 aliphatic heterocycles. The number of para-hydroxylation sites is 5. The first-order valence-corrected chi connectivity index (χ1v) is 21.1. The number of nitrogens with zero attached hydrogens (tertiary/aromatic N) is 3. The van der Waals surface area contributed by atoms with E-state index in [0.717, 1.165) is 83.9 Å². The number of furan rings is 1. The summed E-state index contributed by atoms with van der Waals surface area (Å²) in [4.78, 5) is 4.71. The Bertz CT molecular complexity index is 3530. The molecule has 0 unspecified atom stereocenters. The number of anilines is 6. The molecule has 0 saturated carbocycles. The van der Waals surface area contributed by atoms with Crippen LogP contribution < -0.4 is 9.80 Å². The molecule has 4 nitrogen and oxygen atoms in total. The Morgan fingerprint density at radius 2 is 0.887 bits per heavy atom. The lowest BCUT2D eigenvalue weighted by atomic mass is 9.99. The van der Waals surface area contributed by atoms with Crippen molar-refractivity contribution in [3.05, 3.63) is 237 Å². The lowest BCUT2D eigenvalue weighted by Crippen LogP contribution is -2.10. The molecular weight excluding hydrogens is 755 g/mol. The van der Waals surface area contributed by atoms with Gasteiger partial charge in [0.2, 0.25) is 0 Å². The molecule has 10 aromatic carbocycles. The average Bonchev–Trinajstić information content (AvgIpc) is 3.88. The molecule has 12 rings (SSSR count). The zero-order chi connectivity index (χ0) is 41.0. The van der Waals surface area contributed by atoms with Crippen molar-refractivity contribution in [3.63, 3.8) is 0 Å². The van der Waals surface area contributed by atoms with Gasteiger partial charge in [0.25, 0.3) is 0 Å². The minimum atomic E-state index is 0.866. The topological polar surface area (TPSA) is 24.6 Å². The number of benzene rings is 10. The summed E-state index contributed by atoms with van der Waals surface area (Å²) < 4.78 is 8.82. The molecule has 4 heteroatoms. The van der Waals surface area contributed by atoms with E-state index in [-0.39, 0.29) is 0 Å². The van der Waals surface area contributed by atoms with E-state index in [4.69, 9.17) is 4.42 Å². The van der Waals surface area contributed by atoms with Crippen molar-refractivity contribution in [1.82, 2.24) is 4.57 Å². The minimum absolute atomic E-state index is 0.866. The van der Waals surface area contributed by atoms with Crippen LogP contribution in [0.1, 0.15) is 0 Å². The summed E-state index contributed by atoms with van der Waals surface area (Å²) >= 11 is 0. The maximum absolute atomic E-state index is 6.37. The Morgan fingerprint density at radius 3 is 1.61 bits per heavy atom. The zero-order valence-electron chi connectivity index (χ0n) is 33.8. The van der Waals surface area contributed by atoms with Crippen LogP contribution in [0, 0.1) is 0 Å². The summed E-state index contributed by atoms with van der Waals surface area (Å²) in [6.45, 7) is 0. The molecule has 0 fully saturated rings. The highest BCUT2D eigenvalue weighted by atomic mass is 16.3. The van der Waals surface area contributed by atoms with Crippen LogP contribution in [-0.2, 0) is 0 Å². The predicted octanol–water partition coefficient (Wildman–Crippen LogP) is 16.4. The maximum Gasteiger partial charge on any atom is 0.137 e. The van der Waals surface area contributed by atoms with Crippen molar-refractivity contribution in [3.8, 4) is 16.8 Å². The van der Waals surface area contributed by atoms with Gasteiger partial charge in [-0.3, -0.25) is 0 Å². The second-order valence-corrected chi connectivity index (χ2v) is 15.8. The van der Waals surface area contributed by atoms with Gasteiger partial charge in [0.15, 0.2) is 0 Å². The summed E-state index contributed by atoms with van der Waals surface area (Å²) in [5.74, 6) is 0. The van der Waals surface area contributed by atoms with Gasteiger partial charge in [-0.1, -0.05) is 133 Å².